The molecule has 0 unspecified atom stereocenters. The molecule has 1 aromatic heterocycles. The summed E-state index contributed by atoms with van der Waals surface area (Å²) < 4.78 is 1.02. The number of para-hydroxylation sites is 1. The Labute approximate surface area is 177 Å². The molecule has 6 nitrogen and oxygen atoms in total. The smallest absolute Gasteiger partial charge is 0.252 e. The molecule has 0 aliphatic carbocycles. The summed E-state index contributed by atoms with van der Waals surface area (Å²) in [6.07, 6.45) is 1.54. The fourth-order valence-electron chi connectivity index (χ4n) is 4.33. The first-order valence-electron chi connectivity index (χ1n) is 10.2. The number of likely N-dealkylation sites (tertiary alicyclic amines) is 1. The number of carbonyl (C=O) groups is 3. The van der Waals surface area contributed by atoms with Crippen molar-refractivity contribution in [2.75, 3.05) is 13.1 Å². The van der Waals surface area contributed by atoms with Crippen LogP contribution < -0.4 is 5.32 Å². The Hall–Kier alpha value is -3.06. The molecule has 7 heteroatoms. The molecule has 5 rings (SSSR count). The normalized spacial score (nSPS) is 19.0. The van der Waals surface area contributed by atoms with Gasteiger partial charge in [-0.1, -0.05) is 30.3 Å². The van der Waals surface area contributed by atoms with E-state index in [9.17, 15) is 14.4 Å². The summed E-state index contributed by atoms with van der Waals surface area (Å²) in [6, 6.07) is 14.9. The van der Waals surface area contributed by atoms with Crippen LogP contribution in [0.4, 0.5) is 0 Å². The number of Topliss-reactive ketones (excluding diaryl/α,β-unsaturated/α-hetero) is 1. The number of hydrogen-bond acceptors (Lipinski definition) is 5. The van der Waals surface area contributed by atoms with E-state index >= 15 is 0 Å². The SMILES string of the molecule is O=C1N[C@H](CC(=O)N2CCC(C(=O)c3nc4ccccc4s3)CC2)c2ccccc21. The maximum atomic E-state index is 12.9. The Morgan fingerprint density at radius 1 is 1.07 bits per heavy atom. The highest BCUT2D eigenvalue weighted by Gasteiger charge is 2.33. The molecule has 0 spiro atoms. The maximum absolute atomic E-state index is 12.9. The number of carbonyl (C=O) groups excluding carboxylic acids is 3. The molecule has 0 saturated carbocycles. The van der Waals surface area contributed by atoms with Crippen molar-refractivity contribution in [2.45, 2.75) is 25.3 Å². The van der Waals surface area contributed by atoms with Gasteiger partial charge in [0.2, 0.25) is 5.91 Å². The summed E-state index contributed by atoms with van der Waals surface area (Å²) in [6.45, 7) is 1.12. The number of benzene rings is 2. The highest BCUT2D eigenvalue weighted by Crippen LogP contribution is 2.30. The van der Waals surface area contributed by atoms with Crippen molar-refractivity contribution >= 4 is 39.2 Å². The third kappa shape index (κ3) is 3.39. The standard InChI is InChI=1S/C23H21N3O3S/c27-20(13-18-15-5-1-2-6-16(15)22(29)24-18)26-11-9-14(10-12-26)21(28)23-25-17-7-3-4-8-19(17)30-23/h1-8,14,18H,9-13H2,(H,24,29)/t18-/m1/s1. The van der Waals surface area contributed by atoms with Gasteiger partial charge >= 0.3 is 0 Å². The van der Waals surface area contributed by atoms with Gasteiger partial charge in [-0.05, 0) is 36.6 Å². The van der Waals surface area contributed by atoms with Gasteiger partial charge in [-0.2, -0.15) is 0 Å². The quantitative estimate of drug-likeness (QED) is 0.656. The largest absolute Gasteiger partial charge is 0.345 e. The van der Waals surface area contributed by atoms with Gasteiger partial charge < -0.3 is 10.2 Å². The minimum Gasteiger partial charge on any atom is -0.345 e. The Morgan fingerprint density at radius 3 is 2.60 bits per heavy atom. The topological polar surface area (TPSA) is 79.4 Å². The van der Waals surface area contributed by atoms with Crippen LogP contribution >= 0.6 is 11.3 Å². The zero-order valence-electron chi connectivity index (χ0n) is 16.3. The lowest BCUT2D eigenvalue weighted by Crippen LogP contribution is -2.41. The van der Waals surface area contributed by atoms with E-state index in [0.29, 0.717) is 36.5 Å². The third-order valence-corrected chi connectivity index (χ3v) is 7.04. The molecular weight excluding hydrogens is 398 g/mol. The Kier molecular flexibility index (Phi) is 4.83. The molecule has 1 saturated heterocycles. The van der Waals surface area contributed by atoms with E-state index in [2.05, 4.69) is 10.3 Å². The zero-order valence-corrected chi connectivity index (χ0v) is 17.2. The van der Waals surface area contributed by atoms with Gasteiger partial charge in [0.15, 0.2) is 10.8 Å². The van der Waals surface area contributed by atoms with Crippen LogP contribution in [-0.4, -0.2) is 40.6 Å². The van der Waals surface area contributed by atoms with E-state index in [0.717, 1.165) is 15.8 Å². The number of ketones is 1. The number of thiazole rings is 1. The van der Waals surface area contributed by atoms with Crippen LogP contribution in [0.5, 0.6) is 0 Å². The summed E-state index contributed by atoms with van der Waals surface area (Å²) in [5, 5.41) is 3.46. The number of aromatic nitrogens is 1. The fraction of sp³-hybridized carbons (Fsp3) is 0.304. The highest BCUT2D eigenvalue weighted by molar-refractivity contribution is 7.20. The molecule has 1 fully saturated rings. The Morgan fingerprint density at radius 2 is 1.80 bits per heavy atom. The lowest BCUT2D eigenvalue weighted by Gasteiger charge is -2.31. The van der Waals surface area contributed by atoms with Gasteiger partial charge in [-0.15, -0.1) is 11.3 Å². The molecule has 1 atom stereocenters. The second kappa shape index (κ2) is 7.65. The van der Waals surface area contributed by atoms with Crippen LogP contribution in [0.2, 0.25) is 0 Å². The zero-order chi connectivity index (χ0) is 20.7. The lowest BCUT2D eigenvalue weighted by molar-refractivity contribution is -0.132. The van der Waals surface area contributed by atoms with Gasteiger partial charge in [0.1, 0.15) is 0 Å². The summed E-state index contributed by atoms with van der Waals surface area (Å²) in [7, 11) is 0. The van der Waals surface area contributed by atoms with Crippen LogP contribution in [0.25, 0.3) is 10.2 Å². The Balaban J connectivity index is 1.20. The van der Waals surface area contributed by atoms with E-state index in [1.165, 1.54) is 11.3 Å². The van der Waals surface area contributed by atoms with E-state index in [-0.39, 0.29) is 36.0 Å². The van der Waals surface area contributed by atoms with Crippen molar-refractivity contribution in [1.82, 2.24) is 15.2 Å². The Bertz CT molecular complexity index is 1110. The van der Waals surface area contributed by atoms with Gasteiger partial charge in [0.05, 0.1) is 22.7 Å². The van der Waals surface area contributed by atoms with Crippen LogP contribution in [0, 0.1) is 5.92 Å². The molecule has 152 valence electrons. The number of fused-ring (bicyclic) bond motifs is 2. The van der Waals surface area contributed by atoms with Crippen LogP contribution in [0.1, 0.15) is 51.0 Å². The first-order chi connectivity index (χ1) is 14.6. The van der Waals surface area contributed by atoms with Gasteiger partial charge in [-0.25, -0.2) is 4.98 Å². The summed E-state index contributed by atoms with van der Waals surface area (Å²) in [4.78, 5) is 44.1. The molecular formula is C23H21N3O3S. The number of amides is 2. The number of piperidine rings is 1. The number of rotatable bonds is 4. The minimum absolute atomic E-state index is 0.0166. The summed E-state index contributed by atoms with van der Waals surface area (Å²) in [5.74, 6) is -0.117. The molecule has 30 heavy (non-hydrogen) atoms. The van der Waals surface area contributed by atoms with Crippen molar-refractivity contribution in [3.63, 3.8) is 0 Å². The predicted octanol–water partition coefficient (Wildman–Crippen LogP) is 3.59. The first-order valence-corrected chi connectivity index (χ1v) is 11.0. The number of nitrogens with one attached hydrogen (secondary N) is 1. The molecule has 2 aliphatic rings. The van der Waals surface area contributed by atoms with E-state index < -0.39 is 0 Å². The van der Waals surface area contributed by atoms with Crippen molar-refractivity contribution in [1.29, 1.82) is 0 Å². The lowest BCUT2D eigenvalue weighted by atomic mass is 9.92. The molecule has 2 aliphatic heterocycles. The van der Waals surface area contributed by atoms with Crippen LogP contribution in [-0.2, 0) is 4.79 Å². The van der Waals surface area contributed by atoms with Crippen LogP contribution in [0.15, 0.2) is 48.5 Å². The minimum atomic E-state index is -0.275. The second-order valence-electron chi connectivity index (χ2n) is 7.82. The van der Waals surface area contributed by atoms with Crippen molar-refractivity contribution in [3.05, 3.63) is 64.7 Å². The predicted molar refractivity (Wildman–Crippen MR) is 115 cm³/mol. The van der Waals surface area contributed by atoms with Crippen molar-refractivity contribution < 1.29 is 14.4 Å². The van der Waals surface area contributed by atoms with E-state index in [4.69, 9.17) is 0 Å². The second-order valence-corrected chi connectivity index (χ2v) is 8.85. The fourth-order valence-corrected chi connectivity index (χ4v) is 5.31. The van der Waals surface area contributed by atoms with E-state index in [1.807, 2.05) is 47.4 Å². The molecule has 0 bridgehead atoms. The van der Waals surface area contributed by atoms with Crippen LogP contribution in [0.3, 0.4) is 0 Å². The molecule has 0 radical (unpaired) electrons. The third-order valence-electron chi connectivity index (χ3n) is 5.99. The number of hydrogen-bond donors (Lipinski definition) is 1. The van der Waals surface area contributed by atoms with Gasteiger partial charge in [-0.3, -0.25) is 14.4 Å². The summed E-state index contributed by atoms with van der Waals surface area (Å²) in [5.41, 5.74) is 2.39. The number of nitrogens with zero attached hydrogens (tertiary/aromatic N) is 2. The summed E-state index contributed by atoms with van der Waals surface area (Å²) >= 11 is 1.44. The van der Waals surface area contributed by atoms with Crippen molar-refractivity contribution in [3.8, 4) is 0 Å². The first kappa shape index (κ1) is 18.9. The molecule has 2 amide bonds. The average molecular weight is 420 g/mol. The average Bonchev–Trinajstić information content (AvgIpc) is 3.35. The molecule has 2 aromatic carbocycles. The van der Waals surface area contributed by atoms with Gasteiger partial charge in [0, 0.05) is 24.6 Å². The molecule has 3 aromatic rings. The highest BCUT2D eigenvalue weighted by atomic mass is 32.1. The monoisotopic (exact) mass is 419 g/mol. The van der Waals surface area contributed by atoms with Crippen molar-refractivity contribution in [2.24, 2.45) is 5.92 Å². The van der Waals surface area contributed by atoms with Gasteiger partial charge in [0.25, 0.3) is 5.91 Å². The van der Waals surface area contributed by atoms with E-state index in [1.54, 1.807) is 6.07 Å². The molecule has 1 N–H and O–H groups in total. The maximum Gasteiger partial charge on any atom is 0.252 e. The molecule has 3 heterocycles.